The molecule has 5 nitrogen and oxygen atoms in total. The van der Waals surface area contributed by atoms with Crippen LogP contribution in [0.5, 0.6) is 0 Å². The third-order valence-corrected chi connectivity index (χ3v) is 5.37. The van der Waals surface area contributed by atoms with Gasteiger partial charge in [0.15, 0.2) is 5.16 Å². The molecule has 1 aliphatic rings. The van der Waals surface area contributed by atoms with Crippen LogP contribution in [0, 0.1) is 0 Å². The molecule has 1 unspecified atom stereocenters. The van der Waals surface area contributed by atoms with Gasteiger partial charge in [0.1, 0.15) is 0 Å². The molecule has 0 saturated heterocycles. The van der Waals surface area contributed by atoms with Crippen molar-refractivity contribution in [1.29, 1.82) is 0 Å². The smallest absolute Gasteiger partial charge is 0.268 e. The molecule has 0 saturated carbocycles. The predicted octanol–water partition coefficient (Wildman–Crippen LogP) is 1.92. The number of nitrogens with one attached hydrogen (secondary N) is 1. The molecule has 1 N–H and O–H groups in total. The molecule has 0 spiro atoms. The van der Waals surface area contributed by atoms with Crippen LogP contribution in [0.1, 0.15) is 32.9 Å². The number of hydrogen-bond acceptors (Lipinski definition) is 5. The molecule has 2 heterocycles. The first-order chi connectivity index (χ1) is 10.1. The van der Waals surface area contributed by atoms with E-state index >= 15 is 0 Å². The highest BCUT2D eigenvalue weighted by molar-refractivity contribution is 8.00. The van der Waals surface area contributed by atoms with Gasteiger partial charge in [0.2, 0.25) is 5.91 Å². The topological polar surface area (TPSA) is 64.0 Å². The monoisotopic (exact) mass is 327 g/mol. The van der Waals surface area contributed by atoms with Crippen molar-refractivity contribution in [2.45, 2.75) is 55.5 Å². The molecule has 116 valence electrons. The summed E-state index contributed by atoms with van der Waals surface area (Å²) in [6.07, 6.45) is 1.75. The number of fused-ring (bicyclic) bond motifs is 1. The number of aromatic nitrogens is 2. The zero-order chi connectivity index (χ0) is 15.4. The second kappa shape index (κ2) is 7.35. The van der Waals surface area contributed by atoms with E-state index in [1.165, 1.54) is 11.8 Å². The molecule has 0 bridgehead atoms. The number of rotatable bonds is 6. The van der Waals surface area contributed by atoms with Gasteiger partial charge in [-0.15, -0.1) is 11.8 Å². The van der Waals surface area contributed by atoms with Crippen molar-refractivity contribution in [1.82, 2.24) is 14.9 Å². The van der Waals surface area contributed by atoms with Crippen LogP contribution in [0.15, 0.2) is 14.8 Å². The molecule has 1 atom stereocenters. The molecule has 7 heteroatoms. The van der Waals surface area contributed by atoms with Gasteiger partial charge in [-0.05, 0) is 13.3 Å². The fraction of sp³-hybridized carbons (Fsp3) is 0.643. The minimum atomic E-state index is -0.0120. The van der Waals surface area contributed by atoms with E-state index in [0.29, 0.717) is 29.2 Å². The van der Waals surface area contributed by atoms with E-state index in [0.717, 1.165) is 23.4 Å². The van der Waals surface area contributed by atoms with Gasteiger partial charge in [-0.1, -0.05) is 25.6 Å². The molecule has 0 aromatic carbocycles. The van der Waals surface area contributed by atoms with Crippen LogP contribution >= 0.6 is 23.5 Å². The fourth-order valence-electron chi connectivity index (χ4n) is 2.17. The maximum absolute atomic E-state index is 12.5. The average Bonchev–Trinajstić information content (AvgIpc) is 2.83. The third-order valence-electron chi connectivity index (χ3n) is 3.18. The molecular weight excluding hydrogens is 306 g/mol. The predicted molar refractivity (Wildman–Crippen MR) is 87.2 cm³/mol. The van der Waals surface area contributed by atoms with Gasteiger partial charge >= 0.3 is 0 Å². The summed E-state index contributed by atoms with van der Waals surface area (Å²) in [7, 11) is 0. The number of carbonyl (C=O) groups is 1. The Balaban J connectivity index is 2.16. The maximum Gasteiger partial charge on any atom is 0.268 e. The van der Waals surface area contributed by atoms with Gasteiger partial charge in [0.25, 0.3) is 5.56 Å². The Hall–Kier alpha value is -0.950. The third kappa shape index (κ3) is 3.83. The van der Waals surface area contributed by atoms with Gasteiger partial charge in [-0.25, -0.2) is 4.98 Å². The van der Waals surface area contributed by atoms with Crippen LogP contribution < -0.4 is 10.9 Å². The first kappa shape index (κ1) is 16.4. The molecule has 21 heavy (non-hydrogen) atoms. The zero-order valence-corrected chi connectivity index (χ0v) is 14.3. The molecule has 0 aliphatic carbocycles. The van der Waals surface area contributed by atoms with Crippen LogP contribution in [-0.2, 0) is 17.8 Å². The van der Waals surface area contributed by atoms with E-state index in [9.17, 15) is 9.59 Å². The van der Waals surface area contributed by atoms with Gasteiger partial charge in [0.05, 0.1) is 16.3 Å². The average molecular weight is 327 g/mol. The second-order valence-electron chi connectivity index (χ2n) is 4.99. The van der Waals surface area contributed by atoms with Crippen LogP contribution in [0.4, 0.5) is 0 Å². The first-order valence-electron chi connectivity index (χ1n) is 7.26. The lowest BCUT2D eigenvalue weighted by Crippen LogP contribution is -2.28. The highest BCUT2D eigenvalue weighted by Crippen LogP contribution is 2.34. The molecule has 0 fully saturated rings. The van der Waals surface area contributed by atoms with Crippen LogP contribution in [0.3, 0.4) is 0 Å². The van der Waals surface area contributed by atoms with Gasteiger partial charge in [-0.3, -0.25) is 14.2 Å². The summed E-state index contributed by atoms with van der Waals surface area (Å²) in [5.41, 5.74) is 0.923. The summed E-state index contributed by atoms with van der Waals surface area (Å²) < 4.78 is 1.67. The number of thioether (sulfide) groups is 2. The van der Waals surface area contributed by atoms with Crippen molar-refractivity contribution < 1.29 is 4.79 Å². The maximum atomic E-state index is 12.5. The largest absolute Gasteiger partial charge is 0.355 e. The number of amides is 1. The van der Waals surface area contributed by atoms with E-state index < -0.39 is 0 Å². The van der Waals surface area contributed by atoms with E-state index in [2.05, 4.69) is 17.2 Å². The fourth-order valence-corrected chi connectivity index (χ4v) is 4.19. The lowest BCUT2D eigenvalue weighted by molar-refractivity contribution is -0.118. The molecule has 1 aromatic heterocycles. The second-order valence-corrected chi connectivity index (χ2v) is 7.38. The number of hydrogen-bond donors (Lipinski definition) is 1. The normalized spacial score (nSPS) is 16.8. The van der Waals surface area contributed by atoms with Crippen LogP contribution in [-0.4, -0.2) is 33.0 Å². The Morgan fingerprint density at radius 3 is 2.95 bits per heavy atom. The summed E-state index contributed by atoms with van der Waals surface area (Å²) in [6, 6.07) is 0. The van der Waals surface area contributed by atoms with Crippen molar-refractivity contribution in [3.8, 4) is 0 Å². The lowest BCUT2D eigenvalue weighted by atomic mass is 10.2. The number of nitrogens with zero attached hydrogens (tertiary/aromatic N) is 2. The minimum absolute atomic E-state index is 0.0120. The van der Waals surface area contributed by atoms with E-state index in [1.807, 2.05) is 13.8 Å². The minimum Gasteiger partial charge on any atom is -0.355 e. The Kier molecular flexibility index (Phi) is 5.75. The van der Waals surface area contributed by atoms with Crippen molar-refractivity contribution >= 4 is 29.4 Å². The van der Waals surface area contributed by atoms with E-state index in [4.69, 9.17) is 0 Å². The van der Waals surface area contributed by atoms with E-state index in [1.54, 1.807) is 16.3 Å². The highest BCUT2D eigenvalue weighted by Gasteiger charge is 2.26. The van der Waals surface area contributed by atoms with Crippen LogP contribution in [0.2, 0.25) is 0 Å². The molecular formula is C14H21N3O2S2. The van der Waals surface area contributed by atoms with Crippen molar-refractivity contribution in [3.63, 3.8) is 0 Å². The van der Waals surface area contributed by atoms with E-state index in [-0.39, 0.29) is 11.5 Å². The van der Waals surface area contributed by atoms with Crippen LogP contribution in [0.25, 0.3) is 0 Å². The molecule has 1 aliphatic heterocycles. The highest BCUT2D eigenvalue weighted by atomic mass is 32.2. The van der Waals surface area contributed by atoms with Gasteiger partial charge in [0, 0.05) is 24.8 Å². The summed E-state index contributed by atoms with van der Waals surface area (Å²) in [5, 5.41) is 3.89. The summed E-state index contributed by atoms with van der Waals surface area (Å²) >= 11 is 2.95. The molecule has 1 amide bonds. The Labute approximate surface area is 133 Å². The number of carbonyl (C=O) groups excluding carboxylic acids is 1. The van der Waals surface area contributed by atoms with Crippen molar-refractivity contribution in [3.05, 3.63) is 16.0 Å². The molecule has 1 aromatic rings. The SMILES string of the molecule is CCCNC(=O)CSc1nc2c(c(=O)n1CC)SC(C)C2. The Morgan fingerprint density at radius 1 is 1.52 bits per heavy atom. The van der Waals surface area contributed by atoms with Gasteiger partial charge < -0.3 is 5.32 Å². The summed E-state index contributed by atoms with van der Waals surface area (Å²) in [6.45, 7) is 7.31. The standard InChI is InChI=1S/C14H21N3O2S2/c1-4-6-15-11(18)8-20-14-16-10-7-9(3)21-12(10)13(19)17(14)5-2/h9H,4-8H2,1-3H3,(H,15,18). The molecule has 0 radical (unpaired) electrons. The quantitative estimate of drug-likeness (QED) is 0.639. The lowest BCUT2D eigenvalue weighted by Gasteiger charge is -2.11. The molecule has 2 rings (SSSR count). The Morgan fingerprint density at radius 2 is 2.29 bits per heavy atom. The van der Waals surface area contributed by atoms with Crippen molar-refractivity contribution in [2.24, 2.45) is 0 Å². The van der Waals surface area contributed by atoms with Crippen molar-refractivity contribution in [2.75, 3.05) is 12.3 Å². The van der Waals surface area contributed by atoms with Gasteiger partial charge in [-0.2, -0.15) is 0 Å². The Bertz CT molecular complexity index is 586. The zero-order valence-electron chi connectivity index (χ0n) is 12.6. The summed E-state index contributed by atoms with van der Waals surface area (Å²) in [4.78, 5) is 29.6. The first-order valence-corrected chi connectivity index (χ1v) is 9.13. The summed E-state index contributed by atoms with van der Waals surface area (Å²) in [5.74, 6) is 0.287.